The van der Waals surface area contributed by atoms with Crippen molar-refractivity contribution in [2.24, 2.45) is 0 Å². The number of nitrogens with one attached hydrogen (secondary N) is 1. The Morgan fingerprint density at radius 2 is 2.11 bits per heavy atom. The van der Waals surface area contributed by atoms with E-state index >= 15 is 0 Å². The maximum Gasteiger partial charge on any atom is 0.133 e. The highest BCUT2D eigenvalue weighted by molar-refractivity contribution is 6.00. The number of pyridine rings is 1. The summed E-state index contributed by atoms with van der Waals surface area (Å²) in [5.41, 5.74) is 7.93. The summed E-state index contributed by atoms with van der Waals surface area (Å²) in [4.78, 5) is 4.32. The van der Waals surface area contributed by atoms with E-state index in [9.17, 15) is 0 Å². The lowest BCUT2D eigenvalue weighted by molar-refractivity contribution is 0.0992. The molecular weight excluding hydrogens is 242 g/mol. The molecule has 0 aliphatic rings. The summed E-state index contributed by atoms with van der Waals surface area (Å²) in [7, 11) is 0. The lowest BCUT2D eigenvalue weighted by atomic mass is 10.1. The highest BCUT2D eigenvalue weighted by Gasteiger charge is 2.05. The van der Waals surface area contributed by atoms with Crippen LogP contribution in [0.3, 0.4) is 0 Å². The zero-order valence-corrected chi connectivity index (χ0v) is 11.0. The lowest BCUT2D eigenvalue weighted by Crippen LogP contribution is -2.12. The van der Waals surface area contributed by atoms with Crippen LogP contribution < -0.4 is 11.1 Å². The van der Waals surface area contributed by atoms with Crippen molar-refractivity contribution in [3.63, 3.8) is 0 Å². The van der Waals surface area contributed by atoms with Crippen LogP contribution in [0.4, 0.5) is 11.5 Å². The van der Waals surface area contributed by atoms with Crippen LogP contribution >= 0.6 is 0 Å². The number of anilines is 2. The Labute approximate surface area is 112 Å². The van der Waals surface area contributed by atoms with E-state index in [2.05, 4.69) is 10.3 Å². The van der Waals surface area contributed by atoms with Crippen LogP contribution in [0.5, 0.6) is 0 Å². The first-order chi connectivity index (χ1) is 9.24. The van der Waals surface area contributed by atoms with Gasteiger partial charge in [0.2, 0.25) is 0 Å². The van der Waals surface area contributed by atoms with Gasteiger partial charge < -0.3 is 20.9 Å². The number of aliphatic hydroxyl groups excluding tert-OH is 1. The predicted octanol–water partition coefficient (Wildman–Crippen LogP) is 1.55. The van der Waals surface area contributed by atoms with Crippen LogP contribution in [0.25, 0.3) is 10.8 Å². The number of hydrogen-bond acceptors (Lipinski definition) is 5. The lowest BCUT2D eigenvalue weighted by Gasteiger charge is -2.11. The molecule has 0 bridgehead atoms. The summed E-state index contributed by atoms with van der Waals surface area (Å²) >= 11 is 0. The zero-order chi connectivity index (χ0) is 13.7. The van der Waals surface area contributed by atoms with Gasteiger partial charge in [-0.05, 0) is 18.6 Å². The second-order valence-corrected chi connectivity index (χ2v) is 4.31. The summed E-state index contributed by atoms with van der Waals surface area (Å²) in [6.07, 6.45) is 1.75. The molecule has 1 aromatic carbocycles. The van der Waals surface area contributed by atoms with Crippen LogP contribution in [-0.2, 0) is 4.74 Å². The summed E-state index contributed by atoms with van der Waals surface area (Å²) in [6.45, 7) is 3.56. The Kier molecular flexibility index (Phi) is 4.54. The molecule has 19 heavy (non-hydrogen) atoms. The van der Waals surface area contributed by atoms with Gasteiger partial charge in [0.1, 0.15) is 5.82 Å². The number of hydrogen-bond donors (Lipinski definition) is 3. The highest BCUT2D eigenvalue weighted by Crippen LogP contribution is 2.28. The molecule has 0 spiro atoms. The summed E-state index contributed by atoms with van der Waals surface area (Å²) < 4.78 is 5.19. The number of aromatic nitrogens is 1. The van der Waals surface area contributed by atoms with Gasteiger partial charge in [0.05, 0.1) is 19.8 Å². The molecule has 0 saturated heterocycles. The van der Waals surface area contributed by atoms with E-state index in [-0.39, 0.29) is 6.61 Å². The molecule has 1 aromatic heterocycles. The molecule has 0 amide bonds. The Morgan fingerprint density at radius 1 is 1.26 bits per heavy atom. The van der Waals surface area contributed by atoms with Crippen LogP contribution in [-0.4, -0.2) is 36.5 Å². The minimum absolute atomic E-state index is 0.0440. The predicted molar refractivity (Wildman–Crippen MR) is 77.3 cm³/mol. The van der Waals surface area contributed by atoms with Gasteiger partial charge in [-0.25, -0.2) is 4.98 Å². The molecule has 2 rings (SSSR count). The average molecular weight is 261 g/mol. The fourth-order valence-corrected chi connectivity index (χ4v) is 1.94. The van der Waals surface area contributed by atoms with Crippen LogP contribution in [0.15, 0.2) is 24.4 Å². The Bertz CT molecular complexity index is 558. The Balaban J connectivity index is 2.13. The second kappa shape index (κ2) is 6.36. The first-order valence-electron chi connectivity index (χ1n) is 6.30. The van der Waals surface area contributed by atoms with E-state index in [0.29, 0.717) is 19.8 Å². The summed E-state index contributed by atoms with van der Waals surface area (Å²) in [5, 5.41) is 13.8. The number of nitrogens with zero attached hydrogens (tertiary/aromatic N) is 1. The van der Waals surface area contributed by atoms with E-state index < -0.39 is 0 Å². The molecular formula is C14H19N3O2. The average Bonchev–Trinajstić information content (AvgIpc) is 2.43. The number of benzene rings is 1. The fourth-order valence-electron chi connectivity index (χ4n) is 1.94. The molecule has 0 atom stereocenters. The number of nitrogens with two attached hydrogens (primary N) is 1. The molecule has 0 saturated carbocycles. The topological polar surface area (TPSA) is 80.4 Å². The first-order valence-corrected chi connectivity index (χ1v) is 6.30. The third kappa shape index (κ3) is 3.13. The SMILES string of the molecule is Cc1ccc2c(NCCOCCO)nccc2c1N. The van der Waals surface area contributed by atoms with E-state index in [0.717, 1.165) is 27.8 Å². The van der Waals surface area contributed by atoms with Crippen molar-refractivity contribution in [1.82, 2.24) is 4.98 Å². The van der Waals surface area contributed by atoms with E-state index in [1.165, 1.54) is 0 Å². The number of ether oxygens (including phenoxy) is 1. The normalized spacial score (nSPS) is 10.8. The zero-order valence-electron chi connectivity index (χ0n) is 11.0. The van der Waals surface area contributed by atoms with Crippen molar-refractivity contribution in [2.75, 3.05) is 37.4 Å². The molecule has 2 aromatic rings. The number of nitrogen functional groups attached to an aromatic ring is 1. The van der Waals surface area contributed by atoms with Gasteiger partial charge in [-0.3, -0.25) is 0 Å². The first kappa shape index (κ1) is 13.6. The third-order valence-electron chi connectivity index (χ3n) is 2.98. The molecule has 0 fully saturated rings. The standard InChI is InChI=1S/C14H19N3O2/c1-10-2-3-12-11(13(10)15)4-5-16-14(12)17-6-8-19-9-7-18/h2-5,18H,6-9,15H2,1H3,(H,16,17). The van der Waals surface area contributed by atoms with Gasteiger partial charge in [0.25, 0.3) is 0 Å². The van der Waals surface area contributed by atoms with Crippen molar-refractivity contribution < 1.29 is 9.84 Å². The fraction of sp³-hybridized carbons (Fsp3) is 0.357. The van der Waals surface area contributed by atoms with E-state index in [1.807, 2.05) is 25.1 Å². The molecule has 102 valence electrons. The highest BCUT2D eigenvalue weighted by atomic mass is 16.5. The van der Waals surface area contributed by atoms with Crippen LogP contribution in [0, 0.1) is 6.92 Å². The maximum atomic E-state index is 8.61. The number of rotatable bonds is 6. The largest absolute Gasteiger partial charge is 0.398 e. The second-order valence-electron chi connectivity index (χ2n) is 4.31. The van der Waals surface area contributed by atoms with Crippen LogP contribution in [0.2, 0.25) is 0 Å². The van der Waals surface area contributed by atoms with Gasteiger partial charge in [-0.2, -0.15) is 0 Å². The molecule has 0 radical (unpaired) electrons. The minimum Gasteiger partial charge on any atom is -0.398 e. The van der Waals surface area contributed by atoms with Crippen molar-refractivity contribution in [3.05, 3.63) is 30.0 Å². The van der Waals surface area contributed by atoms with E-state index in [1.54, 1.807) is 6.20 Å². The molecule has 1 heterocycles. The minimum atomic E-state index is 0.0440. The monoisotopic (exact) mass is 261 g/mol. The maximum absolute atomic E-state index is 8.61. The van der Waals surface area contributed by atoms with E-state index in [4.69, 9.17) is 15.6 Å². The molecule has 4 N–H and O–H groups in total. The van der Waals surface area contributed by atoms with Crippen molar-refractivity contribution in [2.45, 2.75) is 6.92 Å². The molecule has 5 nitrogen and oxygen atoms in total. The molecule has 0 aliphatic carbocycles. The smallest absolute Gasteiger partial charge is 0.133 e. The summed E-state index contributed by atoms with van der Waals surface area (Å²) in [6, 6.07) is 5.93. The van der Waals surface area contributed by atoms with Gasteiger partial charge in [-0.1, -0.05) is 12.1 Å². The third-order valence-corrected chi connectivity index (χ3v) is 2.98. The summed E-state index contributed by atoms with van der Waals surface area (Å²) in [5.74, 6) is 0.803. The Morgan fingerprint density at radius 3 is 2.89 bits per heavy atom. The Hall–Kier alpha value is -1.85. The van der Waals surface area contributed by atoms with Gasteiger partial charge in [-0.15, -0.1) is 0 Å². The quantitative estimate of drug-likeness (QED) is 0.543. The molecule has 5 heteroatoms. The van der Waals surface area contributed by atoms with Crippen molar-refractivity contribution in [3.8, 4) is 0 Å². The molecule has 0 aliphatic heterocycles. The number of aryl methyl sites for hydroxylation is 1. The molecule has 0 unspecified atom stereocenters. The van der Waals surface area contributed by atoms with Gasteiger partial charge >= 0.3 is 0 Å². The van der Waals surface area contributed by atoms with Gasteiger partial charge in [0, 0.05) is 29.2 Å². The number of fused-ring (bicyclic) bond motifs is 1. The van der Waals surface area contributed by atoms with Crippen LogP contribution in [0.1, 0.15) is 5.56 Å². The van der Waals surface area contributed by atoms with Crippen molar-refractivity contribution >= 4 is 22.3 Å². The number of aliphatic hydroxyl groups is 1. The van der Waals surface area contributed by atoms with Gasteiger partial charge in [0.15, 0.2) is 0 Å². The van der Waals surface area contributed by atoms with Crippen molar-refractivity contribution in [1.29, 1.82) is 0 Å².